The number of aromatic nitrogens is 1. The van der Waals surface area contributed by atoms with Crippen LogP contribution in [0.1, 0.15) is 11.3 Å². The molecule has 0 saturated heterocycles. The second kappa shape index (κ2) is 3.42. The fraction of sp³-hybridized carbons (Fsp3) is 0.125. The molecule has 1 aromatic heterocycles. The summed E-state index contributed by atoms with van der Waals surface area (Å²) in [6, 6.07) is 3.93. The van der Waals surface area contributed by atoms with Gasteiger partial charge in [0.05, 0.1) is 5.69 Å². The van der Waals surface area contributed by atoms with E-state index >= 15 is 0 Å². The molecule has 0 radical (unpaired) electrons. The van der Waals surface area contributed by atoms with Crippen LogP contribution < -0.4 is 0 Å². The Labute approximate surface area is 66.2 Å². The second-order valence-electron chi connectivity index (χ2n) is 1.95. The minimum Gasteiger partial charge on any atom is -0.257 e. The second-order valence-corrected chi connectivity index (χ2v) is 2.27. The monoisotopic (exact) mass is 151 g/mol. The summed E-state index contributed by atoms with van der Waals surface area (Å²) in [5.74, 6) is 0.740. The van der Waals surface area contributed by atoms with E-state index in [-0.39, 0.29) is 0 Å². The van der Waals surface area contributed by atoms with Gasteiger partial charge < -0.3 is 0 Å². The Hall–Kier alpha value is -0.760. The van der Waals surface area contributed by atoms with Crippen molar-refractivity contribution in [2.75, 3.05) is 0 Å². The molecule has 1 aromatic rings. The van der Waals surface area contributed by atoms with Crippen LogP contribution >= 0.6 is 12.6 Å². The van der Waals surface area contributed by atoms with E-state index in [0.29, 0.717) is 0 Å². The van der Waals surface area contributed by atoms with E-state index in [1.165, 1.54) is 0 Å². The lowest BCUT2D eigenvalue weighted by atomic mass is 10.3. The Bertz CT molecular complexity index is 215. The van der Waals surface area contributed by atoms with Crippen LogP contribution in [0.3, 0.4) is 0 Å². The molecule has 2 heteroatoms. The number of pyridine rings is 1. The third-order valence-corrected chi connectivity index (χ3v) is 1.60. The van der Waals surface area contributed by atoms with Crippen molar-refractivity contribution in [3.05, 3.63) is 36.2 Å². The van der Waals surface area contributed by atoms with Gasteiger partial charge in [0.25, 0.3) is 0 Å². The fourth-order valence-electron chi connectivity index (χ4n) is 0.650. The van der Waals surface area contributed by atoms with Crippen molar-refractivity contribution in [3.63, 3.8) is 0 Å². The van der Waals surface area contributed by atoms with Gasteiger partial charge in [0.15, 0.2) is 0 Å². The first-order chi connectivity index (χ1) is 4.86. The Morgan fingerprint density at radius 2 is 2.40 bits per heavy atom. The number of thiol groups is 1. The summed E-state index contributed by atoms with van der Waals surface area (Å²) in [6.45, 7) is 3.60. The molecule has 52 valence electrons. The first-order valence-electron chi connectivity index (χ1n) is 3.05. The molecule has 0 aliphatic heterocycles. The third-order valence-electron chi connectivity index (χ3n) is 1.24. The zero-order chi connectivity index (χ0) is 7.40. The predicted molar refractivity (Wildman–Crippen MR) is 47.0 cm³/mol. The van der Waals surface area contributed by atoms with Crippen LogP contribution in [0.15, 0.2) is 24.9 Å². The van der Waals surface area contributed by atoms with Gasteiger partial charge in [-0.25, -0.2) is 0 Å². The predicted octanol–water partition coefficient (Wildman–Crippen LogP) is 2.15. The van der Waals surface area contributed by atoms with E-state index in [4.69, 9.17) is 0 Å². The van der Waals surface area contributed by atoms with Crippen molar-refractivity contribution in [1.29, 1.82) is 0 Å². The van der Waals surface area contributed by atoms with E-state index < -0.39 is 0 Å². The molecule has 0 N–H and O–H groups in total. The average molecular weight is 151 g/mol. The molecular weight excluding hydrogens is 142 g/mol. The summed E-state index contributed by atoms with van der Waals surface area (Å²) in [5.41, 5.74) is 2.04. The van der Waals surface area contributed by atoms with Gasteiger partial charge in [-0.15, -0.1) is 0 Å². The summed E-state index contributed by atoms with van der Waals surface area (Å²) >= 11 is 4.11. The molecule has 1 rings (SSSR count). The van der Waals surface area contributed by atoms with Crippen LogP contribution in [0.2, 0.25) is 0 Å². The van der Waals surface area contributed by atoms with Crippen LogP contribution in [0.4, 0.5) is 0 Å². The van der Waals surface area contributed by atoms with Crippen LogP contribution in [0, 0.1) is 0 Å². The van der Waals surface area contributed by atoms with E-state index in [9.17, 15) is 0 Å². The van der Waals surface area contributed by atoms with Gasteiger partial charge in [-0.05, 0) is 17.7 Å². The maximum absolute atomic E-state index is 4.11. The first kappa shape index (κ1) is 7.35. The molecule has 0 aromatic carbocycles. The lowest BCUT2D eigenvalue weighted by Crippen LogP contribution is -1.82. The summed E-state index contributed by atoms with van der Waals surface area (Å²) in [7, 11) is 0. The average Bonchev–Trinajstić information content (AvgIpc) is 2.05. The highest BCUT2D eigenvalue weighted by Gasteiger charge is 1.88. The molecule has 0 amide bonds. The summed E-state index contributed by atoms with van der Waals surface area (Å²) in [6.07, 6.45) is 3.53. The topological polar surface area (TPSA) is 12.9 Å². The maximum atomic E-state index is 4.11. The van der Waals surface area contributed by atoms with Gasteiger partial charge in [-0.1, -0.05) is 12.6 Å². The highest BCUT2D eigenvalue weighted by Crippen LogP contribution is 2.03. The quantitative estimate of drug-likeness (QED) is 0.639. The van der Waals surface area contributed by atoms with Gasteiger partial charge in [0.2, 0.25) is 0 Å². The number of hydrogen-bond acceptors (Lipinski definition) is 2. The van der Waals surface area contributed by atoms with Crippen molar-refractivity contribution in [2.45, 2.75) is 5.75 Å². The Balaban J connectivity index is 2.90. The van der Waals surface area contributed by atoms with Gasteiger partial charge in [0, 0.05) is 11.9 Å². The SMILES string of the molecule is C=Cc1ccc(CS)cn1. The first-order valence-corrected chi connectivity index (χ1v) is 3.68. The van der Waals surface area contributed by atoms with Gasteiger partial charge in [-0.3, -0.25) is 4.98 Å². The highest BCUT2D eigenvalue weighted by molar-refractivity contribution is 7.79. The van der Waals surface area contributed by atoms with E-state index in [0.717, 1.165) is 17.0 Å². The minimum atomic E-state index is 0.740. The van der Waals surface area contributed by atoms with Gasteiger partial charge in [-0.2, -0.15) is 12.6 Å². The molecule has 0 spiro atoms. The molecule has 0 fully saturated rings. The smallest absolute Gasteiger partial charge is 0.0623 e. The summed E-state index contributed by atoms with van der Waals surface area (Å²) in [5, 5.41) is 0. The van der Waals surface area contributed by atoms with Crippen molar-refractivity contribution in [3.8, 4) is 0 Å². The van der Waals surface area contributed by atoms with Crippen LogP contribution in [0.5, 0.6) is 0 Å². The largest absolute Gasteiger partial charge is 0.257 e. The number of hydrogen-bond donors (Lipinski definition) is 1. The molecule has 0 atom stereocenters. The number of rotatable bonds is 2. The molecule has 1 heterocycles. The molecular formula is C8H9NS. The van der Waals surface area contributed by atoms with Crippen LogP contribution in [0.25, 0.3) is 6.08 Å². The summed E-state index contributed by atoms with van der Waals surface area (Å²) in [4.78, 5) is 4.10. The zero-order valence-electron chi connectivity index (χ0n) is 5.62. The number of nitrogens with zero attached hydrogens (tertiary/aromatic N) is 1. The lowest BCUT2D eigenvalue weighted by Gasteiger charge is -1.94. The van der Waals surface area contributed by atoms with E-state index in [2.05, 4.69) is 24.2 Å². The highest BCUT2D eigenvalue weighted by atomic mass is 32.1. The molecule has 0 saturated carbocycles. The van der Waals surface area contributed by atoms with E-state index in [1.54, 1.807) is 6.08 Å². The standard InChI is InChI=1S/C8H9NS/c1-2-8-4-3-7(6-10)5-9-8/h2-5,10H,1,6H2. The van der Waals surface area contributed by atoms with Gasteiger partial charge in [0.1, 0.15) is 0 Å². The van der Waals surface area contributed by atoms with Crippen molar-refractivity contribution >= 4 is 18.7 Å². The molecule has 0 aliphatic carbocycles. The maximum Gasteiger partial charge on any atom is 0.0623 e. The fourth-order valence-corrected chi connectivity index (χ4v) is 0.837. The van der Waals surface area contributed by atoms with Crippen molar-refractivity contribution in [2.24, 2.45) is 0 Å². The Morgan fingerprint density at radius 3 is 2.80 bits per heavy atom. The molecule has 10 heavy (non-hydrogen) atoms. The Kier molecular flexibility index (Phi) is 2.51. The molecule has 0 unspecified atom stereocenters. The summed E-state index contributed by atoms with van der Waals surface area (Å²) < 4.78 is 0. The lowest BCUT2D eigenvalue weighted by molar-refractivity contribution is 1.23. The third kappa shape index (κ3) is 1.61. The Morgan fingerprint density at radius 1 is 1.60 bits per heavy atom. The van der Waals surface area contributed by atoms with Crippen molar-refractivity contribution < 1.29 is 0 Å². The normalized spacial score (nSPS) is 9.30. The van der Waals surface area contributed by atoms with E-state index in [1.807, 2.05) is 18.3 Å². The molecule has 0 aliphatic rings. The molecule has 0 bridgehead atoms. The zero-order valence-corrected chi connectivity index (χ0v) is 6.51. The van der Waals surface area contributed by atoms with Crippen molar-refractivity contribution in [1.82, 2.24) is 4.98 Å². The van der Waals surface area contributed by atoms with Gasteiger partial charge >= 0.3 is 0 Å². The van der Waals surface area contributed by atoms with Crippen LogP contribution in [-0.4, -0.2) is 4.98 Å². The van der Waals surface area contributed by atoms with Crippen LogP contribution in [-0.2, 0) is 5.75 Å². The molecule has 1 nitrogen and oxygen atoms in total. The minimum absolute atomic E-state index is 0.740.